The van der Waals surface area contributed by atoms with Crippen molar-refractivity contribution in [2.75, 3.05) is 6.54 Å². The third-order valence-electron chi connectivity index (χ3n) is 2.63. The molecule has 1 heterocycles. The maximum absolute atomic E-state index is 11.4. The van der Waals surface area contributed by atoms with Crippen molar-refractivity contribution in [1.29, 1.82) is 0 Å². The summed E-state index contributed by atoms with van der Waals surface area (Å²) in [6.07, 6.45) is 3.34. The first kappa shape index (κ1) is 15.9. The Hall–Kier alpha value is -1.20. The van der Waals surface area contributed by atoms with Gasteiger partial charge in [-0.25, -0.2) is 0 Å². The maximum Gasteiger partial charge on any atom is 0.244 e. The maximum atomic E-state index is 11.4. The van der Waals surface area contributed by atoms with Gasteiger partial charge in [-0.1, -0.05) is 13.8 Å². The minimum atomic E-state index is -0.363. The van der Waals surface area contributed by atoms with Crippen LogP contribution in [0.2, 0.25) is 0 Å². The van der Waals surface area contributed by atoms with Crippen LogP contribution >= 0.6 is 11.8 Å². The minimum Gasteiger partial charge on any atom is -0.468 e. The third-order valence-corrected chi connectivity index (χ3v) is 3.41. The van der Waals surface area contributed by atoms with Gasteiger partial charge in [0.25, 0.3) is 0 Å². The summed E-state index contributed by atoms with van der Waals surface area (Å²) in [5, 5.41) is 14.1. The van der Waals surface area contributed by atoms with E-state index in [0.29, 0.717) is 18.7 Å². The Balaban J connectivity index is 2.10. The molecule has 0 aliphatic rings. The van der Waals surface area contributed by atoms with Crippen LogP contribution in [0.15, 0.2) is 34.3 Å². The topological polar surface area (TPSA) is 62.5 Å². The SMILES string of the molecule is CC(C)C(O)CCNC(=O)C=CSCc1ccco1. The lowest BCUT2D eigenvalue weighted by Gasteiger charge is -2.13. The fraction of sp³-hybridized carbons (Fsp3) is 0.500. The van der Waals surface area contributed by atoms with Crippen LogP contribution in [0.5, 0.6) is 0 Å². The highest BCUT2D eigenvalue weighted by Gasteiger charge is 2.08. The van der Waals surface area contributed by atoms with Crippen molar-refractivity contribution in [3.05, 3.63) is 35.6 Å². The Morgan fingerprint density at radius 2 is 2.37 bits per heavy atom. The molecule has 4 nitrogen and oxygen atoms in total. The van der Waals surface area contributed by atoms with Crippen LogP contribution < -0.4 is 5.32 Å². The number of aliphatic hydroxyl groups is 1. The Bertz CT molecular complexity index is 387. The average Bonchev–Trinajstić information content (AvgIpc) is 2.87. The van der Waals surface area contributed by atoms with Gasteiger partial charge < -0.3 is 14.8 Å². The molecule has 0 saturated heterocycles. The molecule has 19 heavy (non-hydrogen) atoms. The van der Waals surface area contributed by atoms with Crippen molar-refractivity contribution in [2.24, 2.45) is 5.92 Å². The molecule has 0 aliphatic carbocycles. The molecule has 1 atom stereocenters. The van der Waals surface area contributed by atoms with E-state index in [1.807, 2.05) is 26.0 Å². The molecule has 0 aliphatic heterocycles. The number of carbonyl (C=O) groups excluding carboxylic acids is 1. The van der Waals surface area contributed by atoms with Gasteiger partial charge in [0.2, 0.25) is 5.91 Å². The molecule has 0 spiro atoms. The lowest BCUT2D eigenvalue weighted by atomic mass is 10.0. The van der Waals surface area contributed by atoms with Gasteiger partial charge in [-0.15, -0.1) is 11.8 Å². The highest BCUT2D eigenvalue weighted by atomic mass is 32.2. The lowest BCUT2D eigenvalue weighted by Crippen LogP contribution is -2.27. The Morgan fingerprint density at radius 1 is 1.58 bits per heavy atom. The van der Waals surface area contributed by atoms with Gasteiger partial charge in [-0.05, 0) is 29.9 Å². The van der Waals surface area contributed by atoms with Crippen molar-refractivity contribution < 1.29 is 14.3 Å². The Morgan fingerprint density at radius 3 is 3.00 bits per heavy atom. The quantitative estimate of drug-likeness (QED) is 0.720. The first-order chi connectivity index (χ1) is 9.09. The van der Waals surface area contributed by atoms with Gasteiger partial charge >= 0.3 is 0 Å². The summed E-state index contributed by atoms with van der Waals surface area (Å²) in [7, 11) is 0. The predicted octanol–water partition coefficient (Wildman–Crippen LogP) is 2.55. The zero-order valence-electron chi connectivity index (χ0n) is 11.3. The fourth-order valence-corrected chi connectivity index (χ4v) is 2.01. The molecular formula is C14H21NO3S. The summed E-state index contributed by atoms with van der Waals surface area (Å²) in [6.45, 7) is 4.40. The molecule has 5 heteroatoms. The van der Waals surface area contributed by atoms with Crippen LogP contribution in [0, 0.1) is 5.92 Å². The number of amides is 1. The molecule has 0 aromatic carbocycles. The fourth-order valence-electron chi connectivity index (χ4n) is 1.37. The number of furan rings is 1. The van der Waals surface area contributed by atoms with E-state index in [1.165, 1.54) is 17.8 Å². The molecule has 1 aromatic heterocycles. The predicted molar refractivity (Wildman–Crippen MR) is 77.6 cm³/mol. The minimum absolute atomic E-state index is 0.136. The van der Waals surface area contributed by atoms with Crippen molar-refractivity contribution >= 4 is 17.7 Å². The first-order valence-corrected chi connectivity index (χ1v) is 7.41. The molecule has 1 aromatic rings. The smallest absolute Gasteiger partial charge is 0.244 e. The van der Waals surface area contributed by atoms with E-state index in [-0.39, 0.29) is 17.9 Å². The molecule has 1 amide bonds. The number of hydrogen-bond acceptors (Lipinski definition) is 4. The van der Waals surface area contributed by atoms with Gasteiger partial charge in [-0.2, -0.15) is 0 Å². The van der Waals surface area contributed by atoms with E-state index in [2.05, 4.69) is 5.32 Å². The number of carbonyl (C=O) groups is 1. The molecular weight excluding hydrogens is 262 g/mol. The van der Waals surface area contributed by atoms with Gasteiger partial charge in [0, 0.05) is 12.6 Å². The molecule has 106 valence electrons. The lowest BCUT2D eigenvalue weighted by molar-refractivity contribution is -0.116. The van der Waals surface area contributed by atoms with Gasteiger partial charge in [0.15, 0.2) is 0 Å². The summed E-state index contributed by atoms with van der Waals surface area (Å²) in [6, 6.07) is 3.74. The van der Waals surface area contributed by atoms with Crippen molar-refractivity contribution in [2.45, 2.75) is 32.1 Å². The molecule has 1 unspecified atom stereocenters. The summed E-state index contributed by atoms with van der Waals surface area (Å²) >= 11 is 1.50. The molecule has 0 fully saturated rings. The zero-order chi connectivity index (χ0) is 14.1. The average molecular weight is 283 g/mol. The van der Waals surface area contributed by atoms with Crippen LogP contribution in [-0.4, -0.2) is 23.7 Å². The molecule has 1 rings (SSSR count). The first-order valence-electron chi connectivity index (χ1n) is 6.36. The van der Waals surface area contributed by atoms with Gasteiger partial charge in [0.05, 0.1) is 18.1 Å². The second-order valence-electron chi connectivity index (χ2n) is 4.58. The second-order valence-corrected chi connectivity index (χ2v) is 5.48. The molecule has 0 bridgehead atoms. The van der Waals surface area contributed by atoms with Gasteiger partial charge in [0.1, 0.15) is 5.76 Å². The number of nitrogens with one attached hydrogen (secondary N) is 1. The van der Waals surface area contributed by atoms with Crippen LogP contribution in [0.25, 0.3) is 0 Å². The number of rotatable bonds is 8. The van der Waals surface area contributed by atoms with E-state index in [0.717, 1.165) is 5.76 Å². The van der Waals surface area contributed by atoms with Crippen LogP contribution in [0.4, 0.5) is 0 Å². The van der Waals surface area contributed by atoms with Crippen LogP contribution in [-0.2, 0) is 10.5 Å². The van der Waals surface area contributed by atoms with E-state index < -0.39 is 0 Å². The molecule has 0 saturated carbocycles. The number of hydrogen-bond donors (Lipinski definition) is 2. The van der Waals surface area contributed by atoms with E-state index >= 15 is 0 Å². The molecule has 0 radical (unpaired) electrons. The number of thioether (sulfide) groups is 1. The van der Waals surface area contributed by atoms with E-state index in [1.54, 1.807) is 11.7 Å². The van der Waals surface area contributed by atoms with E-state index in [9.17, 15) is 9.90 Å². The summed E-state index contributed by atoms with van der Waals surface area (Å²) in [5.41, 5.74) is 0. The Kier molecular flexibility index (Phi) is 7.36. The van der Waals surface area contributed by atoms with Crippen LogP contribution in [0.1, 0.15) is 26.0 Å². The highest BCUT2D eigenvalue weighted by Crippen LogP contribution is 2.13. The van der Waals surface area contributed by atoms with Crippen LogP contribution in [0.3, 0.4) is 0 Å². The molecule has 2 N–H and O–H groups in total. The summed E-state index contributed by atoms with van der Waals surface area (Å²) in [5.74, 6) is 1.68. The standard InChI is InChI=1S/C14H21NO3S/c1-11(2)13(16)5-7-15-14(17)6-9-19-10-12-4-3-8-18-12/h3-4,6,8-9,11,13,16H,5,7,10H2,1-2H3,(H,15,17). The second kappa shape index (κ2) is 8.82. The van der Waals surface area contributed by atoms with Gasteiger partial charge in [-0.3, -0.25) is 4.79 Å². The van der Waals surface area contributed by atoms with Crippen molar-refractivity contribution in [3.8, 4) is 0 Å². The highest BCUT2D eigenvalue weighted by molar-refractivity contribution is 8.01. The van der Waals surface area contributed by atoms with Crippen molar-refractivity contribution in [3.63, 3.8) is 0 Å². The monoisotopic (exact) mass is 283 g/mol. The Labute approximate surface area is 118 Å². The number of aliphatic hydroxyl groups excluding tert-OH is 1. The summed E-state index contributed by atoms with van der Waals surface area (Å²) < 4.78 is 5.17. The zero-order valence-corrected chi connectivity index (χ0v) is 12.2. The normalized spacial score (nSPS) is 13.1. The van der Waals surface area contributed by atoms with E-state index in [4.69, 9.17) is 4.42 Å². The third kappa shape index (κ3) is 7.08. The van der Waals surface area contributed by atoms with Crippen molar-refractivity contribution in [1.82, 2.24) is 5.32 Å². The largest absolute Gasteiger partial charge is 0.468 e. The summed E-state index contributed by atoms with van der Waals surface area (Å²) in [4.78, 5) is 11.4.